The van der Waals surface area contributed by atoms with Crippen molar-refractivity contribution >= 4 is 5.96 Å². The molecule has 2 heterocycles. The Morgan fingerprint density at radius 2 is 2.08 bits per heavy atom. The zero-order chi connectivity index (χ0) is 18.2. The molecule has 1 N–H and O–H groups in total. The summed E-state index contributed by atoms with van der Waals surface area (Å²) in [5, 5.41) is 3.39. The minimum atomic E-state index is 0.299. The number of benzene rings is 1. The first kappa shape index (κ1) is 18.8. The molecule has 1 aromatic carbocycles. The van der Waals surface area contributed by atoms with Crippen LogP contribution in [-0.4, -0.2) is 64.2 Å². The lowest BCUT2D eigenvalue weighted by molar-refractivity contribution is -0.0320. The number of aliphatic imine (C=N–C) groups is 1. The van der Waals surface area contributed by atoms with Crippen molar-refractivity contribution in [1.29, 1.82) is 0 Å². The van der Waals surface area contributed by atoms with Gasteiger partial charge in [-0.05, 0) is 37.0 Å². The first-order chi connectivity index (χ1) is 12.8. The highest BCUT2D eigenvalue weighted by molar-refractivity contribution is 5.79. The van der Waals surface area contributed by atoms with E-state index >= 15 is 0 Å². The van der Waals surface area contributed by atoms with Gasteiger partial charge in [-0.15, -0.1) is 0 Å². The molecular formula is C19H29N3O4. The van der Waals surface area contributed by atoms with Crippen LogP contribution in [-0.2, 0) is 16.0 Å². The van der Waals surface area contributed by atoms with Crippen LogP contribution in [0.3, 0.4) is 0 Å². The van der Waals surface area contributed by atoms with E-state index in [9.17, 15) is 0 Å². The van der Waals surface area contributed by atoms with Crippen LogP contribution in [0.5, 0.6) is 11.5 Å². The molecule has 144 valence electrons. The van der Waals surface area contributed by atoms with Gasteiger partial charge < -0.3 is 29.2 Å². The second kappa shape index (κ2) is 9.64. The quantitative estimate of drug-likeness (QED) is 0.454. The first-order valence-electron chi connectivity index (χ1n) is 9.26. The Balaban J connectivity index is 1.37. The maximum absolute atomic E-state index is 5.90. The van der Waals surface area contributed by atoms with Gasteiger partial charge in [0.1, 0.15) is 0 Å². The van der Waals surface area contributed by atoms with Gasteiger partial charge in [-0.3, -0.25) is 4.99 Å². The van der Waals surface area contributed by atoms with E-state index in [1.807, 2.05) is 19.2 Å². The Morgan fingerprint density at radius 3 is 2.88 bits per heavy atom. The van der Waals surface area contributed by atoms with Gasteiger partial charge in [0.25, 0.3) is 0 Å². The summed E-state index contributed by atoms with van der Waals surface area (Å²) < 4.78 is 22.0. The number of fused-ring (bicyclic) bond motifs is 1. The fourth-order valence-corrected chi connectivity index (χ4v) is 3.14. The maximum atomic E-state index is 5.90. The Hall–Kier alpha value is -1.99. The first-order valence-corrected chi connectivity index (χ1v) is 9.26. The van der Waals surface area contributed by atoms with E-state index in [0.29, 0.717) is 12.9 Å². The number of nitrogens with zero attached hydrogens (tertiary/aromatic N) is 2. The van der Waals surface area contributed by atoms with Crippen molar-refractivity contribution in [2.24, 2.45) is 4.99 Å². The van der Waals surface area contributed by atoms with Gasteiger partial charge in [-0.1, -0.05) is 6.07 Å². The molecule has 0 aliphatic carbocycles. The summed E-state index contributed by atoms with van der Waals surface area (Å²) in [5.74, 6) is 2.49. The summed E-state index contributed by atoms with van der Waals surface area (Å²) in [6, 6.07) is 6.03. The molecule has 0 aromatic heterocycles. The lowest BCUT2D eigenvalue weighted by Gasteiger charge is -2.24. The van der Waals surface area contributed by atoms with Crippen LogP contribution in [0.4, 0.5) is 0 Å². The van der Waals surface area contributed by atoms with E-state index in [0.717, 1.165) is 75.2 Å². The molecule has 1 fully saturated rings. The molecule has 0 amide bonds. The van der Waals surface area contributed by atoms with Gasteiger partial charge in [0.2, 0.25) is 6.79 Å². The van der Waals surface area contributed by atoms with Gasteiger partial charge in [0.15, 0.2) is 17.5 Å². The predicted octanol–water partition coefficient (Wildman–Crippen LogP) is 2.01. The van der Waals surface area contributed by atoms with Crippen LogP contribution in [0.1, 0.15) is 24.8 Å². The highest BCUT2D eigenvalue weighted by Gasteiger charge is 2.15. The highest BCUT2D eigenvalue weighted by Crippen LogP contribution is 2.32. The van der Waals surface area contributed by atoms with Crippen molar-refractivity contribution in [3.8, 4) is 11.5 Å². The summed E-state index contributed by atoms with van der Waals surface area (Å²) in [6.07, 6.45) is 3.33. The minimum Gasteiger partial charge on any atom is -0.454 e. The summed E-state index contributed by atoms with van der Waals surface area (Å²) in [6.45, 7) is 4.28. The second-order valence-electron chi connectivity index (χ2n) is 6.55. The molecule has 0 saturated carbocycles. The van der Waals surface area contributed by atoms with Crippen LogP contribution in [0, 0.1) is 0 Å². The fourth-order valence-electron chi connectivity index (χ4n) is 3.14. The highest BCUT2D eigenvalue weighted by atomic mass is 16.7. The topological polar surface area (TPSA) is 64.6 Å². The number of guanidine groups is 1. The number of hydrogen-bond donors (Lipinski definition) is 1. The molecule has 0 bridgehead atoms. The third kappa shape index (κ3) is 5.25. The lowest BCUT2D eigenvalue weighted by Crippen LogP contribution is -2.39. The van der Waals surface area contributed by atoms with Crippen LogP contribution in [0.2, 0.25) is 0 Å². The molecule has 0 atom stereocenters. The van der Waals surface area contributed by atoms with Gasteiger partial charge in [0, 0.05) is 47.0 Å². The molecule has 0 unspecified atom stereocenters. The molecule has 1 saturated heterocycles. The monoisotopic (exact) mass is 363 g/mol. The summed E-state index contributed by atoms with van der Waals surface area (Å²) in [4.78, 5) is 6.46. The maximum Gasteiger partial charge on any atom is 0.231 e. The summed E-state index contributed by atoms with van der Waals surface area (Å²) in [5.41, 5.74) is 1.16. The van der Waals surface area contributed by atoms with Crippen molar-refractivity contribution in [2.45, 2.75) is 31.9 Å². The largest absolute Gasteiger partial charge is 0.454 e. The van der Waals surface area contributed by atoms with Crippen molar-refractivity contribution in [3.63, 3.8) is 0 Å². The van der Waals surface area contributed by atoms with Crippen molar-refractivity contribution in [1.82, 2.24) is 10.2 Å². The Morgan fingerprint density at radius 1 is 1.27 bits per heavy atom. The van der Waals surface area contributed by atoms with Crippen molar-refractivity contribution in [3.05, 3.63) is 23.8 Å². The number of ether oxygens (including phenoxy) is 4. The van der Waals surface area contributed by atoms with E-state index in [-0.39, 0.29) is 0 Å². The molecule has 7 nitrogen and oxygen atoms in total. The second-order valence-corrected chi connectivity index (χ2v) is 6.55. The Labute approximate surface area is 155 Å². The summed E-state index contributed by atoms with van der Waals surface area (Å²) >= 11 is 0. The number of rotatable bonds is 7. The van der Waals surface area contributed by atoms with Crippen LogP contribution in [0.15, 0.2) is 23.2 Å². The standard InChI is InChI=1S/C19H29N3O4/c1-20-19(21-8-3-9-24-16-6-10-23-11-7-16)22(2)13-15-4-5-17-18(12-15)26-14-25-17/h4-5,12,16H,3,6-11,13-14H2,1-2H3,(H,20,21). The van der Waals surface area contributed by atoms with Gasteiger partial charge in [0.05, 0.1) is 6.10 Å². The molecule has 2 aliphatic heterocycles. The molecule has 2 aliphatic rings. The predicted molar refractivity (Wildman–Crippen MR) is 99.8 cm³/mol. The number of nitrogens with one attached hydrogen (secondary N) is 1. The molecule has 26 heavy (non-hydrogen) atoms. The lowest BCUT2D eigenvalue weighted by atomic mass is 10.1. The molecule has 0 spiro atoms. The van der Waals surface area contributed by atoms with E-state index in [1.165, 1.54) is 0 Å². The zero-order valence-electron chi connectivity index (χ0n) is 15.7. The van der Waals surface area contributed by atoms with E-state index < -0.39 is 0 Å². The Kier molecular flexibility index (Phi) is 6.96. The van der Waals surface area contributed by atoms with Crippen LogP contribution < -0.4 is 14.8 Å². The minimum absolute atomic E-state index is 0.299. The third-order valence-corrected chi connectivity index (χ3v) is 4.56. The average Bonchev–Trinajstić information content (AvgIpc) is 3.13. The smallest absolute Gasteiger partial charge is 0.231 e. The summed E-state index contributed by atoms with van der Waals surface area (Å²) in [7, 11) is 3.83. The van der Waals surface area contributed by atoms with Crippen molar-refractivity contribution in [2.75, 3.05) is 47.3 Å². The van der Waals surface area contributed by atoms with Gasteiger partial charge in [-0.25, -0.2) is 0 Å². The van der Waals surface area contributed by atoms with E-state index in [2.05, 4.69) is 21.3 Å². The molecule has 1 aromatic rings. The average molecular weight is 363 g/mol. The SMILES string of the molecule is CN=C(NCCCOC1CCOCC1)N(C)Cc1ccc2c(c1)OCO2. The van der Waals surface area contributed by atoms with Gasteiger partial charge >= 0.3 is 0 Å². The van der Waals surface area contributed by atoms with Crippen molar-refractivity contribution < 1.29 is 18.9 Å². The third-order valence-electron chi connectivity index (χ3n) is 4.56. The fraction of sp³-hybridized carbons (Fsp3) is 0.632. The number of hydrogen-bond acceptors (Lipinski definition) is 5. The van der Waals surface area contributed by atoms with Crippen LogP contribution in [0.25, 0.3) is 0 Å². The molecule has 3 rings (SSSR count). The van der Waals surface area contributed by atoms with E-state index in [1.54, 1.807) is 7.05 Å². The van der Waals surface area contributed by atoms with Crippen LogP contribution >= 0.6 is 0 Å². The normalized spacial score (nSPS) is 17.4. The molecule has 7 heteroatoms. The van der Waals surface area contributed by atoms with E-state index in [4.69, 9.17) is 18.9 Å². The zero-order valence-corrected chi connectivity index (χ0v) is 15.7. The molecular weight excluding hydrogens is 334 g/mol. The molecule has 0 radical (unpaired) electrons. The Bertz CT molecular complexity index is 602. The van der Waals surface area contributed by atoms with Gasteiger partial charge in [-0.2, -0.15) is 0 Å².